The fourth-order valence-electron chi connectivity index (χ4n) is 2.03. The Morgan fingerprint density at radius 2 is 1.67 bits per heavy atom. The molecule has 0 N–H and O–H groups in total. The van der Waals surface area contributed by atoms with Crippen molar-refractivity contribution in [2.45, 2.75) is 6.42 Å². The van der Waals surface area contributed by atoms with Crippen molar-refractivity contribution >= 4 is 41.5 Å². The first kappa shape index (κ1) is 15.1. The molecule has 0 bridgehead atoms. The fraction of sp³-hybridized carbons (Fsp3) is 0.0769. The minimum atomic E-state index is -2.13. The summed E-state index contributed by atoms with van der Waals surface area (Å²) < 4.78 is 1.05. The number of benzene rings is 2. The summed E-state index contributed by atoms with van der Waals surface area (Å²) in [5.41, 5.74) is 5.42. The summed E-state index contributed by atoms with van der Waals surface area (Å²) in [7, 11) is 15.0. The molecule has 0 aliphatic heterocycles. The topological polar surface area (TPSA) is 0 Å². The molecule has 0 nitrogen and oxygen atoms in total. The van der Waals surface area contributed by atoms with Crippen molar-refractivity contribution in [1.82, 2.24) is 0 Å². The van der Waals surface area contributed by atoms with Crippen molar-refractivity contribution in [3.8, 4) is 11.1 Å². The van der Waals surface area contributed by atoms with Gasteiger partial charge in [0.1, 0.15) is 0 Å². The molecule has 1 aliphatic carbocycles. The average Bonchev–Trinajstić information content (AvgIpc) is 2.65. The quantitative estimate of drug-likeness (QED) is 0.382. The molecule has 18 heavy (non-hydrogen) atoms. The predicted octanol–water partition coefficient (Wildman–Crippen LogP) is 5.89. The molecule has 0 spiro atoms. The second-order valence-electron chi connectivity index (χ2n) is 3.75. The second-order valence-corrected chi connectivity index (χ2v) is 15.8. The van der Waals surface area contributed by atoms with Gasteiger partial charge in [-0.25, -0.2) is 0 Å². The zero-order valence-electron chi connectivity index (χ0n) is 9.18. The third-order valence-electron chi connectivity index (χ3n) is 2.67. The Hall–Kier alpha value is 0.673. The van der Waals surface area contributed by atoms with Crippen molar-refractivity contribution in [3.63, 3.8) is 0 Å². The van der Waals surface area contributed by atoms with Gasteiger partial charge in [0.25, 0.3) is 0 Å². The van der Waals surface area contributed by atoms with Crippen LogP contribution in [0.3, 0.4) is 0 Å². The van der Waals surface area contributed by atoms with E-state index >= 15 is 0 Å². The third kappa shape index (κ3) is 3.84. The Labute approximate surface area is 134 Å². The molecule has 0 radical (unpaired) electrons. The molecular formula is C13H8BrCl3Zr-. The zero-order valence-corrected chi connectivity index (χ0v) is 15.5. The molecule has 0 saturated heterocycles. The second kappa shape index (κ2) is 6.91. The van der Waals surface area contributed by atoms with Crippen molar-refractivity contribution in [2.75, 3.05) is 0 Å². The summed E-state index contributed by atoms with van der Waals surface area (Å²) in [5.74, 6) is 0. The average molecular weight is 442 g/mol. The minimum absolute atomic E-state index is 1.02. The van der Waals surface area contributed by atoms with E-state index in [2.05, 4.69) is 58.4 Å². The van der Waals surface area contributed by atoms with Gasteiger partial charge >= 0.3 is 43.7 Å². The van der Waals surface area contributed by atoms with Crippen LogP contribution in [0.1, 0.15) is 11.1 Å². The Balaban J connectivity index is 0.000000267. The van der Waals surface area contributed by atoms with Crippen molar-refractivity contribution in [3.05, 3.63) is 58.1 Å². The van der Waals surface area contributed by atoms with Gasteiger partial charge in [-0.15, -0.1) is 11.1 Å². The van der Waals surface area contributed by atoms with Crippen LogP contribution >= 0.6 is 41.5 Å². The van der Waals surface area contributed by atoms with Crippen LogP contribution in [-0.2, 0) is 24.6 Å². The number of hydrogen-bond acceptors (Lipinski definition) is 0. The summed E-state index contributed by atoms with van der Waals surface area (Å²) in [5, 5.41) is 0. The van der Waals surface area contributed by atoms with Crippen LogP contribution in [0.4, 0.5) is 0 Å². The summed E-state index contributed by atoms with van der Waals surface area (Å²) in [6.07, 6.45) is 1.02. The third-order valence-corrected chi connectivity index (χ3v) is 3.13. The van der Waals surface area contributed by atoms with Crippen LogP contribution in [0, 0.1) is 6.07 Å². The predicted molar refractivity (Wildman–Crippen MR) is 78.8 cm³/mol. The van der Waals surface area contributed by atoms with Gasteiger partial charge in [-0.2, -0.15) is 18.2 Å². The first-order valence-electron chi connectivity index (χ1n) is 5.20. The normalized spacial score (nSPS) is 11.1. The van der Waals surface area contributed by atoms with E-state index in [9.17, 15) is 0 Å². The Kier molecular flexibility index (Phi) is 5.78. The first-order chi connectivity index (χ1) is 8.58. The van der Waals surface area contributed by atoms with Gasteiger partial charge in [0, 0.05) is 0 Å². The van der Waals surface area contributed by atoms with Gasteiger partial charge in [-0.05, 0) is 6.42 Å². The van der Waals surface area contributed by atoms with Gasteiger partial charge in [0.15, 0.2) is 0 Å². The van der Waals surface area contributed by atoms with Crippen LogP contribution in [0.2, 0.25) is 0 Å². The summed E-state index contributed by atoms with van der Waals surface area (Å²) in [6, 6.07) is 16.1. The van der Waals surface area contributed by atoms with Gasteiger partial charge in [0.05, 0.1) is 0 Å². The summed E-state index contributed by atoms with van der Waals surface area (Å²) >= 11 is 1.33. The van der Waals surface area contributed by atoms with E-state index in [0.29, 0.717) is 0 Å². The number of hydrogen-bond donors (Lipinski definition) is 0. The number of rotatable bonds is 0. The van der Waals surface area contributed by atoms with Crippen LogP contribution in [0.5, 0.6) is 0 Å². The van der Waals surface area contributed by atoms with Crippen molar-refractivity contribution < 1.29 is 18.2 Å². The summed E-state index contributed by atoms with van der Waals surface area (Å²) in [4.78, 5) is 0. The Morgan fingerprint density at radius 1 is 1.00 bits per heavy atom. The van der Waals surface area contributed by atoms with Crippen LogP contribution in [0.25, 0.3) is 11.1 Å². The molecule has 2 aromatic rings. The molecular weight excluding hydrogens is 434 g/mol. The van der Waals surface area contributed by atoms with Gasteiger partial charge in [0.2, 0.25) is 0 Å². The molecule has 0 saturated carbocycles. The maximum atomic E-state index is 5.00. The van der Waals surface area contributed by atoms with E-state index in [4.69, 9.17) is 25.5 Å². The molecule has 3 rings (SSSR count). The molecule has 0 atom stereocenters. The van der Waals surface area contributed by atoms with E-state index < -0.39 is 18.2 Å². The van der Waals surface area contributed by atoms with Crippen LogP contribution < -0.4 is 0 Å². The van der Waals surface area contributed by atoms with Crippen LogP contribution in [-0.4, -0.2) is 0 Å². The molecule has 93 valence electrons. The SMILES string of the molecule is Brc1[c-]c2c(cc1)-c1ccccc1C2.[Cl][Zr]([Cl])[Cl]. The molecule has 2 aromatic carbocycles. The number of fused-ring (bicyclic) bond motifs is 3. The summed E-state index contributed by atoms with van der Waals surface area (Å²) in [6.45, 7) is 0. The Morgan fingerprint density at radius 3 is 2.39 bits per heavy atom. The molecule has 0 aromatic heterocycles. The fourth-order valence-corrected chi connectivity index (χ4v) is 2.40. The van der Waals surface area contributed by atoms with Gasteiger partial charge in [-0.1, -0.05) is 55.8 Å². The van der Waals surface area contributed by atoms with E-state index in [1.165, 1.54) is 22.3 Å². The van der Waals surface area contributed by atoms with Crippen LogP contribution in [0.15, 0.2) is 40.9 Å². The molecule has 1 aliphatic rings. The van der Waals surface area contributed by atoms with Crippen molar-refractivity contribution in [2.24, 2.45) is 0 Å². The van der Waals surface area contributed by atoms with Crippen molar-refractivity contribution in [1.29, 1.82) is 0 Å². The Bertz CT molecular complexity index is 555. The van der Waals surface area contributed by atoms with Gasteiger partial charge < -0.3 is 0 Å². The monoisotopic (exact) mass is 438 g/mol. The van der Waals surface area contributed by atoms with E-state index in [-0.39, 0.29) is 0 Å². The first-order valence-corrected chi connectivity index (χ1v) is 15.5. The molecule has 0 heterocycles. The zero-order chi connectivity index (χ0) is 13.1. The molecule has 0 amide bonds. The number of halogens is 4. The molecule has 0 fully saturated rings. The van der Waals surface area contributed by atoms with Gasteiger partial charge in [-0.3, -0.25) is 0 Å². The van der Waals surface area contributed by atoms with E-state index in [0.717, 1.165) is 10.9 Å². The maximum absolute atomic E-state index is 5.00. The van der Waals surface area contributed by atoms with E-state index in [1.807, 2.05) is 0 Å². The molecule has 0 unspecified atom stereocenters. The standard InChI is InChI=1S/C13H8Br.3ClH.Zr/c14-11-5-6-13-10(8-11)7-9-3-1-2-4-12(9)13;;;;/h1-6H,7H2;3*1H;/q-1;;;;+3/p-3. The molecule has 5 heteroatoms. The van der Waals surface area contributed by atoms with E-state index in [1.54, 1.807) is 0 Å².